The van der Waals surface area contributed by atoms with Gasteiger partial charge < -0.3 is 16.0 Å². The van der Waals surface area contributed by atoms with Crippen LogP contribution < -0.4 is 11.1 Å². The fourth-order valence-corrected chi connectivity index (χ4v) is 3.21. The van der Waals surface area contributed by atoms with Gasteiger partial charge >= 0.3 is 0 Å². The molecule has 0 saturated heterocycles. The number of amides is 1. The van der Waals surface area contributed by atoms with Crippen molar-refractivity contribution in [2.45, 2.75) is 45.7 Å². The summed E-state index contributed by atoms with van der Waals surface area (Å²) in [5.74, 6) is 0.241. The van der Waals surface area contributed by atoms with E-state index < -0.39 is 0 Å². The molecule has 4 N–H and O–H groups in total. The summed E-state index contributed by atoms with van der Waals surface area (Å²) in [6.45, 7) is 4.79. The summed E-state index contributed by atoms with van der Waals surface area (Å²) in [4.78, 5) is 15.5. The monoisotopic (exact) mass is 285 g/mol. The van der Waals surface area contributed by atoms with Gasteiger partial charge in [-0.25, -0.2) is 0 Å². The number of nitrogens with one attached hydrogen (secondary N) is 2. The molecule has 1 aliphatic carbocycles. The first-order valence-electron chi connectivity index (χ1n) is 7.65. The van der Waals surface area contributed by atoms with Crippen molar-refractivity contribution < 1.29 is 4.79 Å². The number of H-pyrrole nitrogens is 1. The van der Waals surface area contributed by atoms with Gasteiger partial charge in [0.15, 0.2) is 0 Å². The Kier molecular flexibility index (Phi) is 3.72. The van der Waals surface area contributed by atoms with Gasteiger partial charge in [0.25, 0.3) is 0 Å². The van der Waals surface area contributed by atoms with Gasteiger partial charge in [-0.1, -0.05) is 6.07 Å². The van der Waals surface area contributed by atoms with Crippen molar-refractivity contribution in [3.8, 4) is 0 Å². The minimum atomic E-state index is 0.0972. The molecule has 112 valence electrons. The second-order valence-electron chi connectivity index (χ2n) is 6.24. The first-order valence-corrected chi connectivity index (χ1v) is 7.65. The Morgan fingerprint density at radius 3 is 2.90 bits per heavy atom. The van der Waals surface area contributed by atoms with Crippen LogP contribution in [0.5, 0.6) is 0 Å². The molecule has 1 heterocycles. The van der Waals surface area contributed by atoms with E-state index in [1.165, 1.54) is 16.6 Å². The first kappa shape index (κ1) is 14.1. The summed E-state index contributed by atoms with van der Waals surface area (Å²) in [6.07, 6.45) is 2.70. The molecule has 0 spiro atoms. The molecule has 1 fully saturated rings. The first-order chi connectivity index (χ1) is 10.0. The minimum Gasteiger partial charge on any atom is -0.358 e. The van der Waals surface area contributed by atoms with Crippen LogP contribution in [0.1, 0.15) is 36.1 Å². The predicted octanol–water partition coefficient (Wildman–Crippen LogP) is 2.53. The molecule has 3 rings (SSSR count). The van der Waals surface area contributed by atoms with E-state index in [9.17, 15) is 4.79 Å². The number of aromatic nitrogens is 1. The number of aryl methyl sites for hydroxylation is 2. The van der Waals surface area contributed by atoms with E-state index in [0.717, 1.165) is 30.3 Å². The molecule has 21 heavy (non-hydrogen) atoms. The van der Waals surface area contributed by atoms with E-state index in [1.807, 2.05) is 0 Å². The second kappa shape index (κ2) is 5.53. The van der Waals surface area contributed by atoms with Crippen molar-refractivity contribution in [2.24, 2.45) is 11.7 Å². The van der Waals surface area contributed by atoms with Gasteiger partial charge in [-0.2, -0.15) is 0 Å². The van der Waals surface area contributed by atoms with Crippen LogP contribution in [0.4, 0.5) is 0 Å². The van der Waals surface area contributed by atoms with Crippen LogP contribution in [0, 0.1) is 19.8 Å². The lowest BCUT2D eigenvalue weighted by molar-refractivity contribution is -0.125. The molecule has 2 unspecified atom stereocenters. The number of benzene rings is 1. The van der Waals surface area contributed by atoms with Gasteiger partial charge in [0.2, 0.25) is 5.91 Å². The van der Waals surface area contributed by atoms with Gasteiger partial charge in [0.05, 0.1) is 0 Å². The van der Waals surface area contributed by atoms with E-state index in [4.69, 9.17) is 5.73 Å². The van der Waals surface area contributed by atoms with Crippen LogP contribution in [-0.2, 0) is 11.3 Å². The number of hydrogen-bond donors (Lipinski definition) is 3. The van der Waals surface area contributed by atoms with Gasteiger partial charge in [0, 0.05) is 35.1 Å². The number of hydrogen-bond acceptors (Lipinski definition) is 2. The van der Waals surface area contributed by atoms with Crippen LogP contribution in [0.25, 0.3) is 10.9 Å². The minimum absolute atomic E-state index is 0.0972. The predicted molar refractivity (Wildman–Crippen MR) is 84.9 cm³/mol. The zero-order valence-electron chi connectivity index (χ0n) is 12.7. The molecule has 1 aromatic heterocycles. The van der Waals surface area contributed by atoms with Crippen molar-refractivity contribution in [2.75, 3.05) is 0 Å². The highest BCUT2D eigenvalue weighted by atomic mass is 16.1. The Hall–Kier alpha value is -1.81. The Labute approximate surface area is 125 Å². The fourth-order valence-electron chi connectivity index (χ4n) is 3.21. The zero-order chi connectivity index (χ0) is 15.0. The lowest BCUT2D eigenvalue weighted by Crippen LogP contribution is -2.29. The highest BCUT2D eigenvalue weighted by Crippen LogP contribution is 2.25. The summed E-state index contributed by atoms with van der Waals surface area (Å²) in [5, 5.41) is 4.29. The molecule has 1 amide bonds. The van der Waals surface area contributed by atoms with E-state index >= 15 is 0 Å². The summed E-state index contributed by atoms with van der Waals surface area (Å²) in [7, 11) is 0. The van der Waals surface area contributed by atoms with Crippen molar-refractivity contribution >= 4 is 16.8 Å². The highest BCUT2D eigenvalue weighted by Gasteiger charge is 2.27. The van der Waals surface area contributed by atoms with Crippen LogP contribution in [0.2, 0.25) is 0 Å². The maximum Gasteiger partial charge on any atom is 0.223 e. The van der Waals surface area contributed by atoms with Crippen molar-refractivity contribution in [1.29, 1.82) is 0 Å². The summed E-state index contributed by atoms with van der Waals surface area (Å²) >= 11 is 0. The average Bonchev–Trinajstić information content (AvgIpc) is 3.02. The molecule has 1 aliphatic rings. The molecular weight excluding hydrogens is 262 g/mol. The SMILES string of the molecule is Cc1[nH]c2ccc(CNC(=O)C3CCC(N)C3)cc2c1C. The quantitative estimate of drug-likeness (QED) is 0.811. The van der Waals surface area contributed by atoms with Crippen molar-refractivity contribution in [1.82, 2.24) is 10.3 Å². The molecule has 0 bridgehead atoms. The van der Waals surface area contributed by atoms with Crippen LogP contribution in [-0.4, -0.2) is 16.9 Å². The van der Waals surface area contributed by atoms with Crippen LogP contribution in [0.3, 0.4) is 0 Å². The maximum atomic E-state index is 12.1. The Morgan fingerprint density at radius 1 is 1.38 bits per heavy atom. The van der Waals surface area contributed by atoms with Gasteiger partial charge in [-0.05, 0) is 56.4 Å². The lowest BCUT2D eigenvalue weighted by Gasteiger charge is -2.11. The Balaban J connectivity index is 1.68. The molecule has 2 aromatic rings. The van der Waals surface area contributed by atoms with Gasteiger partial charge in [0.1, 0.15) is 0 Å². The Morgan fingerprint density at radius 2 is 2.19 bits per heavy atom. The molecule has 2 atom stereocenters. The second-order valence-corrected chi connectivity index (χ2v) is 6.24. The molecule has 1 saturated carbocycles. The smallest absolute Gasteiger partial charge is 0.223 e. The number of nitrogens with two attached hydrogens (primary N) is 1. The van der Waals surface area contributed by atoms with E-state index in [0.29, 0.717) is 6.54 Å². The summed E-state index contributed by atoms with van der Waals surface area (Å²) in [6, 6.07) is 6.51. The molecular formula is C17H23N3O. The molecule has 4 nitrogen and oxygen atoms in total. The van der Waals surface area contributed by atoms with Crippen LogP contribution >= 0.6 is 0 Å². The van der Waals surface area contributed by atoms with E-state index in [2.05, 4.69) is 42.3 Å². The van der Waals surface area contributed by atoms with Crippen LogP contribution in [0.15, 0.2) is 18.2 Å². The molecule has 0 aliphatic heterocycles. The van der Waals surface area contributed by atoms with Crippen molar-refractivity contribution in [3.05, 3.63) is 35.0 Å². The van der Waals surface area contributed by atoms with Gasteiger partial charge in [-0.3, -0.25) is 4.79 Å². The number of fused-ring (bicyclic) bond motifs is 1. The number of rotatable bonds is 3. The average molecular weight is 285 g/mol. The normalized spacial score (nSPS) is 21.9. The third-order valence-electron chi connectivity index (χ3n) is 4.68. The summed E-state index contributed by atoms with van der Waals surface area (Å²) in [5.41, 5.74) is 10.6. The van der Waals surface area contributed by atoms with E-state index in [1.54, 1.807) is 0 Å². The standard InChI is InChI=1S/C17H23N3O/c1-10-11(2)20-16-6-3-12(7-15(10)16)9-19-17(21)13-4-5-14(18)8-13/h3,6-7,13-14,20H,4-5,8-9,18H2,1-2H3,(H,19,21). The maximum absolute atomic E-state index is 12.1. The highest BCUT2D eigenvalue weighted by molar-refractivity contribution is 5.85. The topological polar surface area (TPSA) is 70.9 Å². The largest absolute Gasteiger partial charge is 0.358 e. The fraction of sp³-hybridized carbons (Fsp3) is 0.471. The molecule has 0 radical (unpaired) electrons. The van der Waals surface area contributed by atoms with Crippen molar-refractivity contribution in [3.63, 3.8) is 0 Å². The van der Waals surface area contributed by atoms with E-state index in [-0.39, 0.29) is 17.9 Å². The lowest BCUT2D eigenvalue weighted by atomic mass is 10.1. The third-order valence-corrected chi connectivity index (χ3v) is 4.68. The third kappa shape index (κ3) is 2.81. The zero-order valence-corrected chi connectivity index (χ0v) is 12.7. The van der Waals surface area contributed by atoms with Gasteiger partial charge in [-0.15, -0.1) is 0 Å². The number of aromatic amines is 1. The molecule has 1 aromatic carbocycles. The Bertz CT molecular complexity index is 674. The molecule has 4 heteroatoms. The number of carbonyl (C=O) groups is 1. The number of carbonyl (C=O) groups excluding carboxylic acids is 1. The summed E-state index contributed by atoms with van der Waals surface area (Å²) < 4.78 is 0.